The van der Waals surface area contributed by atoms with E-state index in [2.05, 4.69) is 19.9 Å². The van der Waals surface area contributed by atoms with Crippen molar-refractivity contribution in [3.63, 3.8) is 0 Å². The second-order valence-corrected chi connectivity index (χ2v) is 4.74. The van der Waals surface area contributed by atoms with Crippen molar-refractivity contribution in [2.24, 2.45) is 0 Å². The first kappa shape index (κ1) is 13.3. The molecule has 0 aliphatic heterocycles. The topological polar surface area (TPSA) is 26.3 Å². The molecule has 2 heteroatoms. The largest absolute Gasteiger partial charge is 0.489 e. The molecule has 1 radical (unpaired) electrons. The van der Waals surface area contributed by atoms with Crippen molar-refractivity contribution in [2.45, 2.75) is 26.4 Å². The minimum Gasteiger partial charge on any atom is -0.489 e. The quantitative estimate of drug-likeness (QED) is 0.753. The van der Waals surface area contributed by atoms with Crippen LogP contribution in [-0.2, 0) is 6.61 Å². The van der Waals surface area contributed by atoms with Crippen LogP contribution in [0.4, 0.5) is 0 Å². The minimum atomic E-state index is 0.269. The van der Waals surface area contributed by atoms with E-state index in [1.807, 2.05) is 36.4 Å². The molecule has 0 amide bonds. The van der Waals surface area contributed by atoms with Crippen molar-refractivity contribution < 1.29 is 9.53 Å². The van der Waals surface area contributed by atoms with Crippen LogP contribution in [0.5, 0.6) is 5.75 Å². The van der Waals surface area contributed by atoms with Crippen LogP contribution in [0.2, 0.25) is 0 Å². The first-order valence-electron chi connectivity index (χ1n) is 6.39. The van der Waals surface area contributed by atoms with E-state index < -0.39 is 0 Å². The lowest BCUT2D eigenvalue weighted by atomic mass is 10.00. The molecule has 2 aromatic carbocycles. The zero-order valence-corrected chi connectivity index (χ0v) is 11.2. The Morgan fingerprint density at radius 1 is 1.16 bits per heavy atom. The van der Waals surface area contributed by atoms with Crippen LogP contribution in [0.25, 0.3) is 0 Å². The van der Waals surface area contributed by atoms with Gasteiger partial charge in [0.1, 0.15) is 12.4 Å². The Hall–Kier alpha value is -2.09. The number of carbonyl (C=O) groups excluding carboxylic acids is 1. The zero-order valence-electron chi connectivity index (χ0n) is 11.2. The second kappa shape index (κ2) is 6.19. The summed E-state index contributed by atoms with van der Waals surface area (Å²) in [6, 6.07) is 16.7. The molecule has 0 saturated heterocycles. The van der Waals surface area contributed by atoms with E-state index in [1.165, 1.54) is 0 Å². The van der Waals surface area contributed by atoms with Gasteiger partial charge in [0.25, 0.3) is 0 Å². The predicted molar refractivity (Wildman–Crippen MR) is 75.5 cm³/mol. The van der Waals surface area contributed by atoms with E-state index in [1.54, 1.807) is 6.07 Å². The molecule has 0 N–H and O–H groups in total. The van der Waals surface area contributed by atoms with Crippen LogP contribution >= 0.6 is 0 Å². The van der Waals surface area contributed by atoms with Crippen molar-refractivity contribution in [3.8, 4) is 5.75 Å². The third-order valence-corrected chi connectivity index (χ3v) is 2.90. The Balaban J connectivity index is 2.18. The molecule has 2 rings (SSSR count). The van der Waals surface area contributed by atoms with E-state index in [-0.39, 0.29) is 5.92 Å². The highest BCUT2D eigenvalue weighted by Crippen LogP contribution is 2.27. The standard InChI is InChI=1S/C17H17O2/c1-13(2)16-10-15(11-18)8-9-17(16)19-12-14-6-4-3-5-7-14/h3-9,11,13H,12H2,1-2H3. The zero-order chi connectivity index (χ0) is 13.7. The molecular formula is C17H17O2. The molecule has 97 valence electrons. The molecule has 0 heterocycles. The number of rotatable bonds is 5. The van der Waals surface area contributed by atoms with Crippen LogP contribution in [-0.4, -0.2) is 6.29 Å². The summed E-state index contributed by atoms with van der Waals surface area (Å²) in [4.78, 5) is 10.8. The first-order valence-corrected chi connectivity index (χ1v) is 6.39. The molecule has 0 saturated carbocycles. The van der Waals surface area contributed by atoms with Crippen LogP contribution < -0.4 is 4.74 Å². The highest BCUT2D eigenvalue weighted by atomic mass is 16.5. The molecular weight excluding hydrogens is 236 g/mol. The van der Waals surface area contributed by atoms with E-state index in [9.17, 15) is 4.79 Å². The van der Waals surface area contributed by atoms with Crippen molar-refractivity contribution in [1.82, 2.24) is 0 Å². The summed E-state index contributed by atoms with van der Waals surface area (Å²) in [5.41, 5.74) is 2.63. The molecule has 0 aromatic heterocycles. The fourth-order valence-corrected chi connectivity index (χ4v) is 1.87. The highest BCUT2D eigenvalue weighted by molar-refractivity contribution is 5.75. The SMILES string of the molecule is CC(C)c1[c]c(C=O)ccc1OCc1ccccc1. The second-order valence-electron chi connectivity index (χ2n) is 4.74. The van der Waals surface area contributed by atoms with E-state index in [4.69, 9.17) is 4.74 Å². The molecule has 0 atom stereocenters. The molecule has 2 nitrogen and oxygen atoms in total. The summed E-state index contributed by atoms with van der Waals surface area (Å²) >= 11 is 0. The number of aldehydes is 1. The Morgan fingerprint density at radius 3 is 2.53 bits per heavy atom. The molecule has 0 aliphatic carbocycles. The maximum absolute atomic E-state index is 10.8. The lowest BCUT2D eigenvalue weighted by molar-refractivity contribution is 0.112. The molecule has 0 fully saturated rings. The number of hydrogen-bond donors (Lipinski definition) is 0. The van der Waals surface area contributed by atoms with Gasteiger partial charge in [0.05, 0.1) is 0 Å². The predicted octanol–water partition coefficient (Wildman–Crippen LogP) is 4.00. The normalized spacial score (nSPS) is 10.5. The Labute approximate surface area is 114 Å². The Bertz CT molecular complexity index is 544. The number of ether oxygens (including phenoxy) is 1. The van der Waals surface area contributed by atoms with Gasteiger partial charge in [0.2, 0.25) is 0 Å². The molecule has 0 aliphatic rings. The maximum atomic E-state index is 10.8. The van der Waals surface area contributed by atoms with Crippen LogP contribution in [0.1, 0.15) is 41.3 Å². The van der Waals surface area contributed by atoms with Crippen molar-refractivity contribution >= 4 is 6.29 Å². The minimum absolute atomic E-state index is 0.269. The van der Waals surface area contributed by atoms with Gasteiger partial charge < -0.3 is 4.74 Å². The van der Waals surface area contributed by atoms with Gasteiger partial charge in [0.15, 0.2) is 6.29 Å². The molecule has 19 heavy (non-hydrogen) atoms. The Morgan fingerprint density at radius 2 is 1.89 bits per heavy atom. The average molecular weight is 253 g/mol. The van der Waals surface area contributed by atoms with Crippen LogP contribution in [0.3, 0.4) is 0 Å². The van der Waals surface area contributed by atoms with Gasteiger partial charge in [0, 0.05) is 17.2 Å². The number of hydrogen-bond acceptors (Lipinski definition) is 2. The molecule has 0 spiro atoms. The molecule has 2 aromatic rings. The number of benzene rings is 2. The third-order valence-electron chi connectivity index (χ3n) is 2.90. The maximum Gasteiger partial charge on any atom is 0.150 e. The van der Waals surface area contributed by atoms with Crippen molar-refractivity contribution in [3.05, 3.63) is 65.2 Å². The lowest BCUT2D eigenvalue weighted by Crippen LogP contribution is -2.01. The summed E-state index contributed by atoms with van der Waals surface area (Å²) in [5, 5.41) is 0. The lowest BCUT2D eigenvalue weighted by Gasteiger charge is -2.14. The monoisotopic (exact) mass is 253 g/mol. The summed E-state index contributed by atoms with van der Waals surface area (Å²) < 4.78 is 5.84. The van der Waals surface area contributed by atoms with Crippen LogP contribution in [0, 0.1) is 6.07 Å². The average Bonchev–Trinajstić information content (AvgIpc) is 2.46. The first-order chi connectivity index (χ1) is 9.20. The van der Waals surface area contributed by atoms with Crippen molar-refractivity contribution in [1.29, 1.82) is 0 Å². The fourth-order valence-electron chi connectivity index (χ4n) is 1.87. The van der Waals surface area contributed by atoms with E-state index >= 15 is 0 Å². The van der Waals surface area contributed by atoms with Gasteiger partial charge in [-0.15, -0.1) is 0 Å². The van der Waals surface area contributed by atoms with Gasteiger partial charge in [-0.1, -0.05) is 44.2 Å². The molecule has 0 bridgehead atoms. The third kappa shape index (κ3) is 3.44. The van der Waals surface area contributed by atoms with E-state index in [0.717, 1.165) is 23.2 Å². The summed E-state index contributed by atoms with van der Waals surface area (Å²) in [5.74, 6) is 1.06. The van der Waals surface area contributed by atoms with Crippen molar-refractivity contribution in [2.75, 3.05) is 0 Å². The summed E-state index contributed by atoms with van der Waals surface area (Å²) in [6.07, 6.45) is 0.812. The Kier molecular flexibility index (Phi) is 4.35. The fraction of sp³-hybridized carbons (Fsp3) is 0.235. The summed E-state index contributed by atoms with van der Waals surface area (Å²) in [7, 11) is 0. The van der Waals surface area contributed by atoms with Gasteiger partial charge in [-0.05, 0) is 23.6 Å². The highest BCUT2D eigenvalue weighted by Gasteiger charge is 2.09. The van der Waals surface area contributed by atoms with Gasteiger partial charge in [-0.3, -0.25) is 4.79 Å². The number of carbonyl (C=O) groups is 1. The molecule has 0 unspecified atom stereocenters. The van der Waals surface area contributed by atoms with Gasteiger partial charge in [-0.25, -0.2) is 0 Å². The van der Waals surface area contributed by atoms with Gasteiger partial charge in [-0.2, -0.15) is 0 Å². The van der Waals surface area contributed by atoms with Crippen LogP contribution in [0.15, 0.2) is 42.5 Å². The van der Waals surface area contributed by atoms with E-state index in [0.29, 0.717) is 12.2 Å². The smallest absolute Gasteiger partial charge is 0.150 e. The van der Waals surface area contributed by atoms with Gasteiger partial charge >= 0.3 is 0 Å². The summed E-state index contributed by atoms with van der Waals surface area (Å²) in [6.45, 7) is 4.65.